The lowest BCUT2D eigenvalue weighted by atomic mass is 9.91. The van der Waals surface area contributed by atoms with Crippen molar-refractivity contribution in [1.82, 2.24) is 5.32 Å². The summed E-state index contributed by atoms with van der Waals surface area (Å²) in [5.74, 6) is 0.166. The third kappa shape index (κ3) is 1.39. The van der Waals surface area contributed by atoms with Crippen LogP contribution in [-0.2, 0) is 0 Å². The zero-order valence-electron chi connectivity index (χ0n) is 8.82. The zero-order chi connectivity index (χ0) is 12.0. The molecule has 0 aromatic heterocycles. The number of carbonyl (C=O) groups excluding carboxylic acids is 2. The van der Waals surface area contributed by atoms with Crippen molar-refractivity contribution in [2.75, 3.05) is 12.3 Å². The van der Waals surface area contributed by atoms with Crippen LogP contribution in [0.4, 0.5) is 0 Å². The summed E-state index contributed by atoms with van der Waals surface area (Å²) in [6.45, 7) is 0.658. The molecular formula is C12H9NO3S. The first-order chi connectivity index (χ1) is 8.20. The molecule has 5 heteroatoms. The molecule has 0 amide bonds. The fourth-order valence-corrected chi connectivity index (χ4v) is 3.02. The van der Waals surface area contributed by atoms with Gasteiger partial charge in [0.05, 0.1) is 10.5 Å². The van der Waals surface area contributed by atoms with Crippen LogP contribution >= 0.6 is 11.8 Å². The van der Waals surface area contributed by atoms with Gasteiger partial charge in [-0.1, -0.05) is 6.07 Å². The van der Waals surface area contributed by atoms with Crippen molar-refractivity contribution in [2.45, 2.75) is 0 Å². The molecule has 0 fully saturated rings. The molecule has 4 nitrogen and oxygen atoms in total. The molecule has 17 heavy (non-hydrogen) atoms. The van der Waals surface area contributed by atoms with Gasteiger partial charge in [-0.05, 0) is 12.1 Å². The van der Waals surface area contributed by atoms with Crippen molar-refractivity contribution in [3.8, 4) is 5.75 Å². The maximum absolute atomic E-state index is 12.2. The fraction of sp³-hybridized carbons (Fsp3) is 0.167. The fourth-order valence-electron chi connectivity index (χ4n) is 2.06. The predicted octanol–water partition coefficient (Wildman–Crippen LogP) is 1.32. The summed E-state index contributed by atoms with van der Waals surface area (Å²) in [5.41, 5.74) is 0.747. The first-order valence-electron chi connectivity index (χ1n) is 5.22. The van der Waals surface area contributed by atoms with Gasteiger partial charge in [0.2, 0.25) is 11.6 Å². The van der Waals surface area contributed by atoms with Crippen molar-refractivity contribution in [3.05, 3.63) is 39.9 Å². The minimum Gasteiger partial charge on any atom is -0.507 e. The number of benzene rings is 1. The number of Topliss-reactive ketones (excluding diaryl/α,β-unsaturated/α-hetero) is 2. The number of aromatic hydroxyl groups is 1. The van der Waals surface area contributed by atoms with E-state index in [9.17, 15) is 14.7 Å². The quantitative estimate of drug-likeness (QED) is 0.723. The van der Waals surface area contributed by atoms with Gasteiger partial charge in [-0.3, -0.25) is 9.59 Å². The molecule has 3 rings (SSSR count). The molecule has 0 bridgehead atoms. The van der Waals surface area contributed by atoms with Crippen LogP contribution in [-0.4, -0.2) is 29.0 Å². The number of hydrogen-bond donors (Lipinski definition) is 2. The number of phenolic OH excluding ortho intramolecular Hbond substituents is 1. The van der Waals surface area contributed by atoms with Gasteiger partial charge in [0, 0.05) is 17.9 Å². The minimum atomic E-state index is -0.292. The van der Waals surface area contributed by atoms with Gasteiger partial charge < -0.3 is 10.4 Å². The summed E-state index contributed by atoms with van der Waals surface area (Å²) in [7, 11) is 0. The minimum absolute atomic E-state index is 0.117. The van der Waals surface area contributed by atoms with E-state index in [1.807, 2.05) is 0 Å². The Kier molecular flexibility index (Phi) is 2.22. The molecule has 0 unspecified atom stereocenters. The molecule has 1 aromatic rings. The third-order valence-electron chi connectivity index (χ3n) is 2.82. The molecule has 0 spiro atoms. The van der Waals surface area contributed by atoms with E-state index >= 15 is 0 Å². The van der Waals surface area contributed by atoms with Crippen molar-refractivity contribution < 1.29 is 14.7 Å². The molecule has 1 aromatic carbocycles. The second kappa shape index (κ2) is 3.63. The Bertz CT molecular complexity index is 577. The standard InChI is InChI=1S/C12H9NO3S/c14-7-3-1-2-6-8(7)11(16)9-12(10(6)15)17-5-4-13-9/h1-3,13-14H,4-5H2. The average Bonchev–Trinajstić information content (AvgIpc) is 2.36. The van der Waals surface area contributed by atoms with Crippen molar-refractivity contribution >= 4 is 23.3 Å². The molecule has 2 aliphatic rings. The van der Waals surface area contributed by atoms with Gasteiger partial charge in [-0.2, -0.15) is 0 Å². The van der Waals surface area contributed by atoms with E-state index in [1.165, 1.54) is 17.8 Å². The summed E-state index contributed by atoms with van der Waals surface area (Å²) in [4.78, 5) is 24.8. The average molecular weight is 247 g/mol. The molecule has 0 atom stereocenters. The second-order valence-electron chi connectivity index (χ2n) is 3.84. The lowest BCUT2D eigenvalue weighted by Crippen LogP contribution is -2.34. The number of hydrogen-bond acceptors (Lipinski definition) is 5. The second-order valence-corrected chi connectivity index (χ2v) is 4.94. The maximum atomic E-state index is 12.2. The summed E-state index contributed by atoms with van der Waals surface area (Å²) < 4.78 is 0. The highest BCUT2D eigenvalue weighted by Gasteiger charge is 2.35. The van der Waals surface area contributed by atoms with E-state index in [-0.39, 0.29) is 22.9 Å². The predicted molar refractivity (Wildman–Crippen MR) is 64.3 cm³/mol. The molecule has 2 N–H and O–H groups in total. The lowest BCUT2D eigenvalue weighted by molar-refractivity contribution is 0.0972. The molecule has 86 valence electrons. The number of rotatable bonds is 0. The van der Waals surface area contributed by atoms with E-state index in [0.717, 1.165) is 5.75 Å². The van der Waals surface area contributed by atoms with Gasteiger partial charge in [0.25, 0.3) is 0 Å². The maximum Gasteiger partial charge on any atom is 0.214 e. The number of carbonyl (C=O) groups is 2. The number of allylic oxidation sites excluding steroid dienone is 2. The van der Waals surface area contributed by atoms with Crippen LogP contribution in [0.15, 0.2) is 28.8 Å². The number of phenols is 1. The van der Waals surface area contributed by atoms with E-state index in [0.29, 0.717) is 22.7 Å². The molecular weight excluding hydrogens is 238 g/mol. The number of nitrogens with one attached hydrogen (secondary N) is 1. The summed E-state index contributed by atoms with van der Waals surface area (Å²) >= 11 is 1.39. The van der Waals surface area contributed by atoms with Crippen molar-refractivity contribution in [1.29, 1.82) is 0 Å². The Hall–Kier alpha value is -1.75. The smallest absolute Gasteiger partial charge is 0.214 e. The Morgan fingerprint density at radius 2 is 2.06 bits per heavy atom. The first kappa shape index (κ1) is 10.4. The molecule has 0 saturated carbocycles. The van der Waals surface area contributed by atoms with Gasteiger partial charge in [-0.15, -0.1) is 11.8 Å². The van der Waals surface area contributed by atoms with Crippen molar-refractivity contribution in [2.24, 2.45) is 0 Å². The Morgan fingerprint density at radius 1 is 1.24 bits per heavy atom. The van der Waals surface area contributed by atoms with Crippen LogP contribution in [0, 0.1) is 0 Å². The van der Waals surface area contributed by atoms with Gasteiger partial charge in [-0.25, -0.2) is 0 Å². The van der Waals surface area contributed by atoms with Crippen LogP contribution in [0.25, 0.3) is 0 Å². The Morgan fingerprint density at radius 3 is 2.88 bits per heavy atom. The van der Waals surface area contributed by atoms with Crippen LogP contribution in [0.1, 0.15) is 20.7 Å². The van der Waals surface area contributed by atoms with Gasteiger partial charge >= 0.3 is 0 Å². The highest BCUT2D eigenvalue weighted by Crippen LogP contribution is 2.36. The Balaban J connectivity index is 2.26. The first-order valence-corrected chi connectivity index (χ1v) is 6.21. The van der Waals surface area contributed by atoms with Gasteiger partial charge in [0.1, 0.15) is 11.4 Å². The van der Waals surface area contributed by atoms with E-state index in [1.54, 1.807) is 12.1 Å². The zero-order valence-corrected chi connectivity index (χ0v) is 9.63. The summed E-state index contributed by atoms with van der Waals surface area (Å²) in [6.07, 6.45) is 0. The molecule has 0 saturated heterocycles. The highest BCUT2D eigenvalue weighted by molar-refractivity contribution is 8.04. The number of ketones is 2. The van der Waals surface area contributed by atoms with Crippen LogP contribution in [0.3, 0.4) is 0 Å². The molecule has 1 aliphatic carbocycles. The van der Waals surface area contributed by atoms with Gasteiger partial charge in [0.15, 0.2) is 0 Å². The van der Waals surface area contributed by atoms with Crippen LogP contribution < -0.4 is 5.32 Å². The third-order valence-corrected chi connectivity index (χ3v) is 3.91. The van der Waals surface area contributed by atoms with E-state index in [2.05, 4.69) is 5.32 Å². The number of thioether (sulfide) groups is 1. The number of fused-ring (bicyclic) bond motifs is 1. The Labute approximate surface area is 102 Å². The monoisotopic (exact) mass is 247 g/mol. The highest BCUT2D eigenvalue weighted by atomic mass is 32.2. The largest absolute Gasteiger partial charge is 0.507 e. The lowest BCUT2D eigenvalue weighted by Gasteiger charge is -2.25. The summed E-state index contributed by atoms with van der Waals surface area (Å²) in [5, 5.41) is 12.7. The molecule has 1 aliphatic heterocycles. The normalized spacial score (nSPS) is 18.6. The van der Waals surface area contributed by atoms with Crippen LogP contribution in [0.5, 0.6) is 5.75 Å². The molecule has 1 heterocycles. The summed E-state index contributed by atoms with van der Waals surface area (Å²) in [6, 6.07) is 4.57. The SMILES string of the molecule is O=C1C2=C(NCCS2)C(=O)c2c(O)cccc21. The van der Waals surface area contributed by atoms with Crippen LogP contribution in [0.2, 0.25) is 0 Å². The topological polar surface area (TPSA) is 66.4 Å². The van der Waals surface area contributed by atoms with Crippen molar-refractivity contribution in [3.63, 3.8) is 0 Å². The van der Waals surface area contributed by atoms with E-state index < -0.39 is 0 Å². The van der Waals surface area contributed by atoms with E-state index in [4.69, 9.17) is 0 Å². The molecule has 0 radical (unpaired) electrons.